The van der Waals surface area contributed by atoms with Gasteiger partial charge >= 0.3 is 0 Å². The molecule has 1 heterocycles. The van der Waals surface area contributed by atoms with Gasteiger partial charge in [0, 0.05) is 19.0 Å². The minimum atomic E-state index is -0.0999. The van der Waals surface area contributed by atoms with Crippen molar-refractivity contribution in [3.05, 3.63) is 0 Å². The Bertz CT molecular complexity index is 179. The van der Waals surface area contributed by atoms with Crippen molar-refractivity contribution in [3.8, 4) is 0 Å². The van der Waals surface area contributed by atoms with Gasteiger partial charge in [-0.3, -0.25) is 0 Å². The summed E-state index contributed by atoms with van der Waals surface area (Å²) in [7, 11) is 0. The second-order valence-corrected chi connectivity index (χ2v) is 6.99. The number of aliphatic hydroxyl groups is 1. The molecule has 0 saturated carbocycles. The van der Waals surface area contributed by atoms with Crippen LogP contribution in [0, 0.1) is 5.92 Å². The first-order valence-electron chi connectivity index (χ1n) is 7.06. The van der Waals surface area contributed by atoms with Gasteiger partial charge in [0.15, 0.2) is 0 Å². The standard InChI is InChI=1S/C14H28O2S/c1-12(2)17-11-14(15)6-4-3-5-13-7-9-16-10-8-13/h12-15H,3-11H2,1-2H3. The lowest BCUT2D eigenvalue weighted by molar-refractivity contribution is 0.0627. The SMILES string of the molecule is CC(C)SCC(O)CCCCC1CCOCC1. The minimum Gasteiger partial charge on any atom is -0.392 e. The molecule has 2 nitrogen and oxygen atoms in total. The zero-order valence-electron chi connectivity index (χ0n) is 11.4. The summed E-state index contributed by atoms with van der Waals surface area (Å²) in [6.07, 6.45) is 7.14. The van der Waals surface area contributed by atoms with E-state index in [1.54, 1.807) is 0 Å². The molecule has 1 rings (SSSR count). The summed E-state index contributed by atoms with van der Waals surface area (Å²) in [5.74, 6) is 1.78. The Kier molecular flexibility index (Phi) is 8.33. The smallest absolute Gasteiger partial charge is 0.0630 e. The number of unbranched alkanes of at least 4 members (excludes halogenated alkanes) is 1. The van der Waals surface area contributed by atoms with E-state index in [-0.39, 0.29) is 6.10 Å². The molecular formula is C14H28O2S. The molecule has 0 aromatic heterocycles. The summed E-state index contributed by atoms with van der Waals surface area (Å²) in [5, 5.41) is 10.4. The summed E-state index contributed by atoms with van der Waals surface area (Å²) in [6, 6.07) is 0. The van der Waals surface area contributed by atoms with E-state index in [0.717, 1.165) is 31.3 Å². The van der Waals surface area contributed by atoms with Crippen LogP contribution < -0.4 is 0 Å². The van der Waals surface area contributed by atoms with Crippen LogP contribution in [0.2, 0.25) is 0 Å². The second-order valence-electron chi connectivity index (χ2n) is 5.38. The quantitative estimate of drug-likeness (QED) is 0.678. The molecule has 1 N–H and O–H groups in total. The van der Waals surface area contributed by atoms with Crippen LogP contribution in [-0.4, -0.2) is 35.4 Å². The Morgan fingerprint density at radius 2 is 1.94 bits per heavy atom. The number of rotatable bonds is 8. The Morgan fingerprint density at radius 1 is 1.24 bits per heavy atom. The lowest BCUT2D eigenvalue weighted by Crippen LogP contribution is -2.16. The van der Waals surface area contributed by atoms with E-state index in [1.807, 2.05) is 11.8 Å². The van der Waals surface area contributed by atoms with Crippen LogP contribution in [0.1, 0.15) is 52.4 Å². The van der Waals surface area contributed by atoms with Crippen molar-refractivity contribution in [1.29, 1.82) is 0 Å². The van der Waals surface area contributed by atoms with Crippen molar-refractivity contribution in [2.45, 2.75) is 63.7 Å². The fourth-order valence-corrected chi connectivity index (χ4v) is 3.01. The highest BCUT2D eigenvalue weighted by atomic mass is 32.2. The van der Waals surface area contributed by atoms with Crippen LogP contribution in [-0.2, 0) is 4.74 Å². The molecule has 0 aliphatic carbocycles. The van der Waals surface area contributed by atoms with Crippen LogP contribution >= 0.6 is 11.8 Å². The monoisotopic (exact) mass is 260 g/mol. The lowest BCUT2D eigenvalue weighted by Gasteiger charge is -2.21. The Hall–Kier alpha value is 0.270. The lowest BCUT2D eigenvalue weighted by atomic mass is 9.93. The van der Waals surface area contributed by atoms with Gasteiger partial charge in [-0.25, -0.2) is 0 Å². The average molecular weight is 260 g/mol. The van der Waals surface area contributed by atoms with Gasteiger partial charge in [-0.05, 0) is 30.4 Å². The fraction of sp³-hybridized carbons (Fsp3) is 1.00. The summed E-state index contributed by atoms with van der Waals surface area (Å²) >= 11 is 1.86. The molecule has 1 atom stereocenters. The Balaban J connectivity index is 1.92. The highest BCUT2D eigenvalue weighted by molar-refractivity contribution is 7.99. The molecule has 0 amide bonds. The van der Waals surface area contributed by atoms with Gasteiger partial charge in [-0.1, -0.05) is 33.1 Å². The van der Waals surface area contributed by atoms with Crippen molar-refractivity contribution in [2.75, 3.05) is 19.0 Å². The molecule has 0 spiro atoms. The van der Waals surface area contributed by atoms with Crippen molar-refractivity contribution >= 4 is 11.8 Å². The highest BCUT2D eigenvalue weighted by Crippen LogP contribution is 2.22. The number of hydrogen-bond donors (Lipinski definition) is 1. The molecule has 1 saturated heterocycles. The van der Waals surface area contributed by atoms with E-state index in [9.17, 15) is 5.11 Å². The Labute approximate surface area is 111 Å². The molecule has 1 unspecified atom stereocenters. The van der Waals surface area contributed by atoms with E-state index in [2.05, 4.69) is 13.8 Å². The summed E-state index contributed by atoms with van der Waals surface area (Å²) in [4.78, 5) is 0. The van der Waals surface area contributed by atoms with Crippen molar-refractivity contribution in [1.82, 2.24) is 0 Å². The second kappa shape index (κ2) is 9.23. The largest absolute Gasteiger partial charge is 0.392 e. The molecule has 102 valence electrons. The molecule has 0 radical (unpaired) electrons. The van der Waals surface area contributed by atoms with Crippen LogP contribution in [0.15, 0.2) is 0 Å². The zero-order valence-corrected chi connectivity index (χ0v) is 12.2. The molecule has 1 aliphatic heterocycles. The van der Waals surface area contributed by atoms with Crippen molar-refractivity contribution < 1.29 is 9.84 Å². The normalized spacial score (nSPS) is 19.8. The van der Waals surface area contributed by atoms with Gasteiger partial charge in [0.05, 0.1) is 6.10 Å². The molecule has 1 aliphatic rings. The molecule has 0 aromatic carbocycles. The van der Waals surface area contributed by atoms with Gasteiger partial charge < -0.3 is 9.84 Å². The molecular weight excluding hydrogens is 232 g/mol. The van der Waals surface area contributed by atoms with Crippen LogP contribution in [0.3, 0.4) is 0 Å². The third kappa shape index (κ3) is 8.06. The molecule has 0 bridgehead atoms. The van der Waals surface area contributed by atoms with E-state index in [0.29, 0.717) is 5.25 Å². The first-order chi connectivity index (χ1) is 8.18. The van der Waals surface area contributed by atoms with E-state index in [4.69, 9.17) is 4.74 Å². The first kappa shape index (κ1) is 15.3. The van der Waals surface area contributed by atoms with Gasteiger partial charge in [0.1, 0.15) is 0 Å². The third-order valence-electron chi connectivity index (χ3n) is 3.36. The molecule has 3 heteroatoms. The number of thioether (sulfide) groups is 1. The topological polar surface area (TPSA) is 29.5 Å². The predicted octanol–water partition coefficient (Wildman–Crippen LogP) is 3.48. The number of aliphatic hydroxyl groups excluding tert-OH is 1. The first-order valence-corrected chi connectivity index (χ1v) is 8.10. The average Bonchev–Trinajstić information content (AvgIpc) is 2.33. The van der Waals surface area contributed by atoms with Crippen LogP contribution in [0.5, 0.6) is 0 Å². The van der Waals surface area contributed by atoms with Crippen molar-refractivity contribution in [2.24, 2.45) is 5.92 Å². The molecule has 1 fully saturated rings. The zero-order chi connectivity index (χ0) is 12.5. The minimum absolute atomic E-state index is 0.0999. The molecule has 0 aromatic rings. The number of hydrogen-bond acceptors (Lipinski definition) is 3. The maximum absolute atomic E-state index is 9.79. The van der Waals surface area contributed by atoms with E-state index >= 15 is 0 Å². The highest BCUT2D eigenvalue weighted by Gasteiger charge is 2.13. The Morgan fingerprint density at radius 3 is 2.59 bits per heavy atom. The van der Waals surface area contributed by atoms with E-state index in [1.165, 1.54) is 32.1 Å². The molecule has 17 heavy (non-hydrogen) atoms. The maximum Gasteiger partial charge on any atom is 0.0630 e. The summed E-state index contributed by atoms with van der Waals surface area (Å²) in [5.41, 5.74) is 0. The van der Waals surface area contributed by atoms with Gasteiger partial charge in [-0.15, -0.1) is 0 Å². The van der Waals surface area contributed by atoms with Crippen LogP contribution in [0.25, 0.3) is 0 Å². The van der Waals surface area contributed by atoms with E-state index < -0.39 is 0 Å². The van der Waals surface area contributed by atoms with Gasteiger partial charge in [0.25, 0.3) is 0 Å². The van der Waals surface area contributed by atoms with Gasteiger partial charge in [0.2, 0.25) is 0 Å². The van der Waals surface area contributed by atoms with Crippen LogP contribution in [0.4, 0.5) is 0 Å². The summed E-state index contributed by atoms with van der Waals surface area (Å²) in [6.45, 7) is 6.28. The predicted molar refractivity (Wildman–Crippen MR) is 75.6 cm³/mol. The fourth-order valence-electron chi connectivity index (χ4n) is 2.23. The maximum atomic E-state index is 9.79. The van der Waals surface area contributed by atoms with Gasteiger partial charge in [-0.2, -0.15) is 11.8 Å². The van der Waals surface area contributed by atoms with Crippen molar-refractivity contribution in [3.63, 3.8) is 0 Å². The summed E-state index contributed by atoms with van der Waals surface area (Å²) < 4.78 is 5.36. The number of ether oxygens (including phenoxy) is 1. The third-order valence-corrected chi connectivity index (χ3v) is 4.61.